The molecule has 2 aliphatic heterocycles. The van der Waals surface area contributed by atoms with Gasteiger partial charge in [0.25, 0.3) is 0 Å². The van der Waals surface area contributed by atoms with Gasteiger partial charge in [-0.15, -0.1) is 0 Å². The highest BCUT2D eigenvalue weighted by Crippen LogP contribution is 2.23. The molecule has 0 saturated carbocycles. The number of likely N-dealkylation sites (tertiary alicyclic amines) is 1. The molecule has 1 unspecified atom stereocenters. The molecule has 0 N–H and O–H groups in total. The van der Waals surface area contributed by atoms with Gasteiger partial charge in [0.2, 0.25) is 11.8 Å². The third-order valence-electron chi connectivity index (χ3n) is 5.11. The van der Waals surface area contributed by atoms with Crippen LogP contribution < -0.4 is 4.90 Å². The number of benzene rings is 1. The number of nitrogens with zero attached hydrogens (tertiary/aromatic N) is 3. The molecule has 1 aromatic rings. The van der Waals surface area contributed by atoms with Gasteiger partial charge >= 0.3 is 0 Å². The van der Waals surface area contributed by atoms with E-state index in [0.717, 1.165) is 32.7 Å². The van der Waals surface area contributed by atoms with Crippen molar-refractivity contribution in [1.82, 2.24) is 9.80 Å². The third kappa shape index (κ3) is 4.14. The maximum Gasteiger partial charge on any atom is 0.228 e. The lowest BCUT2D eigenvalue weighted by atomic mass is 10.1. The molecule has 5 heteroatoms. The van der Waals surface area contributed by atoms with Gasteiger partial charge in [-0.05, 0) is 30.5 Å². The van der Waals surface area contributed by atoms with Gasteiger partial charge in [0.05, 0.1) is 5.92 Å². The summed E-state index contributed by atoms with van der Waals surface area (Å²) in [6.45, 7) is 10.8. The van der Waals surface area contributed by atoms with Crippen LogP contribution in [0, 0.1) is 18.8 Å². The van der Waals surface area contributed by atoms with E-state index in [4.69, 9.17) is 0 Å². The van der Waals surface area contributed by atoms with Crippen LogP contribution in [-0.2, 0) is 9.59 Å². The zero-order chi connectivity index (χ0) is 18.0. The van der Waals surface area contributed by atoms with E-state index < -0.39 is 0 Å². The predicted molar refractivity (Wildman–Crippen MR) is 99.5 cm³/mol. The zero-order valence-electron chi connectivity index (χ0n) is 15.6. The van der Waals surface area contributed by atoms with Crippen LogP contribution in [-0.4, -0.2) is 60.9 Å². The van der Waals surface area contributed by atoms with E-state index in [1.807, 2.05) is 9.80 Å². The van der Waals surface area contributed by atoms with Gasteiger partial charge in [0, 0.05) is 51.4 Å². The second-order valence-corrected chi connectivity index (χ2v) is 7.74. The van der Waals surface area contributed by atoms with Gasteiger partial charge in [-0.25, -0.2) is 0 Å². The fourth-order valence-electron chi connectivity index (χ4n) is 3.82. The first-order chi connectivity index (χ1) is 11.9. The lowest BCUT2D eigenvalue weighted by molar-refractivity contribution is -0.136. The summed E-state index contributed by atoms with van der Waals surface area (Å²) in [5.41, 5.74) is 2.48. The molecule has 0 aromatic heterocycles. The smallest absolute Gasteiger partial charge is 0.228 e. The topological polar surface area (TPSA) is 43.9 Å². The number of rotatable bonds is 4. The van der Waals surface area contributed by atoms with Crippen LogP contribution in [0.3, 0.4) is 0 Å². The van der Waals surface area contributed by atoms with Crippen molar-refractivity contribution in [1.29, 1.82) is 0 Å². The summed E-state index contributed by atoms with van der Waals surface area (Å²) in [4.78, 5) is 31.1. The molecule has 2 heterocycles. The van der Waals surface area contributed by atoms with Crippen LogP contribution in [0.25, 0.3) is 0 Å². The van der Waals surface area contributed by atoms with E-state index in [1.54, 1.807) is 0 Å². The average molecular weight is 343 g/mol. The minimum absolute atomic E-state index is 0.130. The van der Waals surface area contributed by atoms with Crippen molar-refractivity contribution in [3.63, 3.8) is 0 Å². The van der Waals surface area contributed by atoms with Crippen molar-refractivity contribution in [2.45, 2.75) is 27.2 Å². The summed E-state index contributed by atoms with van der Waals surface area (Å²) in [6.07, 6.45) is 0.379. The number of carbonyl (C=O) groups excluding carboxylic acids is 2. The first kappa shape index (κ1) is 17.8. The Hall–Kier alpha value is -2.04. The zero-order valence-corrected chi connectivity index (χ0v) is 15.6. The normalized spacial score (nSPS) is 21.4. The number of aryl methyl sites for hydroxylation is 1. The summed E-state index contributed by atoms with van der Waals surface area (Å²) in [5.74, 6) is 0.571. The van der Waals surface area contributed by atoms with Crippen LogP contribution in [0.4, 0.5) is 5.69 Å². The van der Waals surface area contributed by atoms with E-state index in [2.05, 4.69) is 49.9 Å². The molecule has 2 saturated heterocycles. The second-order valence-electron chi connectivity index (χ2n) is 7.74. The summed E-state index contributed by atoms with van der Waals surface area (Å²) in [5, 5.41) is 0. The van der Waals surface area contributed by atoms with Gasteiger partial charge in [-0.1, -0.05) is 26.0 Å². The monoisotopic (exact) mass is 343 g/mol. The number of hydrogen-bond donors (Lipinski definition) is 0. The molecule has 0 bridgehead atoms. The fourth-order valence-corrected chi connectivity index (χ4v) is 3.82. The number of piperazine rings is 1. The summed E-state index contributed by atoms with van der Waals surface area (Å²) >= 11 is 0. The maximum atomic E-state index is 12.8. The Morgan fingerprint density at radius 1 is 1.20 bits per heavy atom. The summed E-state index contributed by atoms with van der Waals surface area (Å²) < 4.78 is 0. The van der Waals surface area contributed by atoms with Crippen LogP contribution >= 0.6 is 0 Å². The van der Waals surface area contributed by atoms with E-state index in [-0.39, 0.29) is 17.7 Å². The molecule has 0 radical (unpaired) electrons. The molecule has 25 heavy (non-hydrogen) atoms. The van der Waals surface area contributed by atoms with Gasteiger partial charge < -0.3 is 14.7 Å². The highest BCUT2D eigenvalue weighted by molar-refractivity contribution is 5.89. The Bertz CT molecular complexity index is 636. The van der Waals surface area contributed by atoms with Crippen LogP contribution in [0.5, 0.6) is 0 Å². The van der Waals surface area contributed by atoms with Crippen LogP contribution in [0.15, 0.2) is 24.3 Å². The number of anilines is 1. The highest BCUT2D eigenvalue weighted by atomic mass is 16.2. The average Bonchev–Trinajstić information content (AvgIpc) is 2.94. The quantitative estimate of drug-likeness (QED) is 0.841. The number of carbonyl (C=O) groups is 2. The Balaban J connectivity index is 1.54. The Kier molecular flexibility index (Phi) is 5.30. The molecule has 0 spiro atoms. The summed E-state index contributed by atoms with van der Waals surface area (Å²) in [6, 6.07) is 8.50. The molecule has 0 aliphatic carbocycles. The Labute approximate surface area is 150 Å². The molecule has 3 rings (SSSR count). The first-order valence-electron chi connectivity index (χ1n) is 9.32. The molecule has 1 atom stereocenters. The van der Waals surface area contributed by atoms with E-state index >= 15 is 0 Å². The third-order valence-corrected chi connectivity index (χ3v) is 5.11. The maximum absolute atomic E-state index is 12.8. The molecule has 136 valence electrons. The predicted octanol–water partition coefficient (Wildman–Crippen LogP) is 2.15. The molecule has 2 amide bonds. The number of amides is 2. The standard InChI is InChI=1S/C20H29N3O2/c1-15(2)13-23-14-17(12-19(23)24)20(25)22-9-7-21(8-10-22)18-6-4-5-16(3)11-18/h4-6,11,15,17H,7-10,12-14H2,1-3H3. The van der Waals surface area contributed by atoms with Crippen molar-refractivity contribution >= 4 is 17.5 Å². The van der Waals surface area contributed by atoms with Gasteiger partial charge in [0.15, 0.2) is 0 Å². The largest absolute Gasteiger partial charge is 0.368 e. The Morgan fingerprint density at radius 2 is 1.92 bits per heavy atom. The molecule has 1 aromatic carbocycles. The molecule has 2 aliphatic rings. The van der Waals surface area contributed by atoms with Gasteiger partial charge in [0.1, 0.15) is 0 Å². The molecular weight excluding hydrogens is 314 g/mol. The molecule has 5 nitrogen and oxygen atoms in total. The van der Waals surface area contributed by atoms with E-state index in [1.165, 1.54) is 11.3 Å². The highest BCUT2D eigenvalue weighted by Gasteiger charge is 2.37. The molecular formula is C20H29N3O2. The van der Waals surface area contributed by atoms with Crippen molar-refractivity contribution in [2.75, 3.05) is 44.2 Å². The lowest BCUT2D eigenvalue weighted by Gasteiger charge is -2.37. The lowest BCUT2D eigenvalue weighted by Crippen LogP contribution is -2.50. The first-order valence-corrected chi connectivity index (χ1v) is 9.32. The number of hydrogen-bond acceptors (Lipinski definition) is 3. The van der Waals surface area contributed by atoms with Crippen LogP contribution in [0.1, 0.15) is 25.8 Å². The second kappa shape index (κ2) is 7.46. The van der Waals surface area contributed by atoms with Crippen molar-refractivity contribution < 1.29 is 9.59 Å². The fraction of sp³-hybridized carbons (Fsp3) is 0.600. The van der Waals surface area contributed by atoms with Gasteiger partial charge in [-0.3, -0.25) is 9.59 Å². The van der Waals surface area contributed by atoms with Crippen LogP contribution in [0.2, 0.25) is 0 Å². The minimum Gasteiger partial charge on any atom is -0.368 e. The molecule has 2 fully saturated rings. The Morgan fingerprint density at radius 3 is 2.56 bits per heavy atom. The van der Waals surface area contributed by atoms with Crippen molar-refractivity contribution in [3.05, 3.63) is 29.8 Å². The minimum atomic E-state index is -0.156. The van der Waals surface area contributed by atoms with Crippen molar-refractivity contribution in [2.24, 2.45) is 11.8 Å². The summed E-state index contributed by atoms with van der Waals surface area (Å²) in [7, 11) is 0. The SMILES string of the molecule is Cc1cccc(N2CCN(C(=O)C3CC(=O)N(CC(C)C)C3)CC2)c1. The van der Waals surface area contributed by atoms with E-state index in [0.29, 0.717) is 18.9 Å². The van der Waals surface area contributed by atoms with E-state index in [9.17, 15) is 9.59 Å². The van der Waals surface area contributed by atoms with Gasteiger partial charge in [-0.2, -0.15) is 0 Å². The van der Waals surface area contributed by atoms with Crippen molar-refractivity contribution in [3.8, 4) is 0 Å².